The maximum Gasteiger partial charge on any atom is 0.182 e. The molecule has 3 aromatic rings. The van der Waals surface area contributed by atoms with Crippen molar-refractivity contribution >= 4 is 17.0 Å². The first kappa shape index (κ1) is 17.8. The Morgan fingerprint density at radius 3 is 2.81 bits per heavy atom. The van der Waals surface area contributed by atoms with Crippen molar-refractivity contribution in [1.29, 1.82) is 0 Å². The smallest absolute Gasteiger partial charge is 0.182 e. The molecule has 0 spiro atoms. The van der Waals surface area contributed by atoms with E-state index in [0.717, 1.165) is 48.9 Å². The summed E-state index contributed by atoms with van der Waals surface area (Å²) in [4.78, 5) is 20.3. The Bertz CT molecular complexity index is 897. The van der Waals surface area contributed by atoms with E-state index in [9.17, 15) is 0 Å². The van der Waals surface area contributed by atoms with Crippen LogP contribution in [-0.4, -0.2) is 78.0 Å². The second-order valence-electron chi connectivity index (χ2n) is 7.05. The van der Waals surface area contributed by atoms with E-state index in [1.165, 1.54) is 0 Å². The van der Waals surface area contributed by atoms with Gasteiger partial charge in [0.05, 0.1) is 19.5 Å². The lowest BCUT2D eigenvalue weighted by atomic mass is 9.96. The molecule has 0 atom stereocenters. The molecule has 0 bridgehead atoms. The molecule has 0 amide bonds. The van der Waals surface area contributed by atoms with Crippen LogP contribution < -0.4 is 4.90 Å². The predicted molar refractivity (Wildman–Crippen MR) is 100 cm³/mol. The molecule has 0 unspecified atom stereocenters. The summed E-state index contributed by atoms with van der Waals surface area (Å²) in [6, 6.07) is 0. The van der Waals surface area contributed by atoms with Crippen LogP contribution in [0.15, 0.2) is 12.7 Å². The van der Waals surface area contributed by atoms with Gasteiger partial charge >= 0.3 is 0 Å². The van der Waals surface area contributed by atoms with Crippen molar-refractivity contribution in [2.75, 3.05) is 38.2 Å². The zero-order valence-corrected chi connectivity index (χ0v) is 15.7. The van der Waals surface area contributed by atoms with Crippen LogP contribution in [-0.2, 0) is 13.6 Å². The molecule has 2 N–H and O–H groups in total. The lowest BCUT2D eigenvalue weighted by molar-refractivity contribution is 0.213. The van der Waals surface area contributed by atoms with E-state index >= 15 is 0 Å². The maximum atomic E-state index is 9.06. The van der Waals surface area contributed by atoms with Crippen molar-refractivity contribution in [1.82, 2.24) is 39.6 Å². The number of likely N-dealkylation sites (N-methyl/N-ethyl adjacent to an activating group) is 1. The highest BCUT2D eigenvalue weighted by atomic mass is 16.3. The molecule has 1 aliphatic rings. The number of fused-ring (bicyclic) bond motifs is 1. The topological polar surface area (TPSA) is 112 Å². The molecule has 4 rings (SSSR count). The second kappa shape index (κ2) is 7.57. The van der Waals surface area contributed by atoms with Gasteiger partial charge in [0.25, 0.3) is 0 Å². The normalized spacial score (nSPS) is 15.9. The van der Waals surface area contributed by atoms with Crippen LogP contribution in [0.5, 0.6) is 0 Å². The van der Waals surface area contributed by atoms with Gasteiger partial charge in [0.15, 0.2) is 11.5 Å². The molecule has 10 heteroatoms. The average molecular weight is 371 g/mol. The van der Waals surface area contributed by atoms with Crippen molar-refractivity contribution < 1.29 is 5.11 Å². The number of imidazole rings is 1. The Morgan fingerprint density at radius 2 is 2.04 bits per heavy atom. The van der Waals surface area contributed by atoms with Crippen molar-refractivity contribution in [2.45, 2.75) is 25.3 Å². The van der Waals surface area contributed by atoms with E-state index in [-0.39, 0.29) is 6.61 Å². The van der Waals surface area contributed by atoms with Gasteiger partial charge in [-0.2, -0.15) is 0 Å². The minimum absolute atomic E-state index is 0.145. The third kappa shape index (κ3) is 3.50. The lowest BCUT2D eigenvalue weighted by Gasteiger charge is -2.32. The summed E-state index contributed by atoms with van der Waals surface area (Å²) >= 11 is 0. The van der Waals surface area contributed by atoms with Crippen molar-refractivity contribution in [2.24, 2.45) is 7.05 Å². The first-order valence-electron chi connectivity index (χ1n) is 9.24. The molecule has 10 nitrogen and oxygen atoms in total. The Labute approximate surface area is 157 Å². The molecule has 1 saturated heterocycles. The third-order valence-electron chi connectivity index (χ3n) is 5.25. The molecule has 4 heterocycles. The summed E-state index contributed by atoms with van der Waals surface area (Å²) < 4.78 is 2.10. The Kier molecular flexibility index (Phi) is 4.99. The third-order valence-corrected chi connectivity index (χ3v) is 5.25. The fraction of sp³-hybridized carbons (Fsp3) is 0.588. The number of hydrogen-bond donors (Lipinski definition) is 2. The van der Waals surface area contributed by atoms with Gasteiger partial charge in [-0.25, -0.2) is 15.0 Å². The second-order valence-corrected chi connectivity index (χ2v) is 7.05. The molecule has 0 saturated carbocycles. The number of nitrogens with one attached hydrogen (secondary N) is 1. The van der Waals surface area contributed by atoms with Crippen molar-refractivity contribution in [3.63, 3.8) is 0 Å². The van der Waals surface area contributed by atoms with Crippen LogP contribution in [0.3, 0.4) is 0 Å². The highest BCUT2D eigenvalue weighted by Crippen LogP contribution is 2.30. The van der Waals surface area contributed by atoms with Gasteiger partial charge in [-0.1, -0.05) is 0 Å². The number of nitrogens with zero attached hydrogens (tertiary/aromatic N) is 8. The average Bonchev–Trinajstić information content (AvgIpc) is 3.29. The molecule has 1 fully saturated rings. The molecule has 144 valence electrons. The van der Waals surface area contributed by atoms with Gasteiger partial charge in [0.2, 0.25) is 0 Å². The number of rotatable bonds is 6. The SMILES string of the molecule is CN(CCO)Cc1nnc(C2CCN(c3ncnc4nc[nH]c34)CC2)n1C. The zero-order chi connectivity index (χ0) is 18.8. The van der Waals surface area contributed by atoms with Crippen LogP contribution in [0, 0.1) is 0 Å². The molecule has 1 aliphatic heterocycles. The molecular weight excluding hydrogens is 346 g/mol. The summed E-state index contributed by atoms with van der Waals surface area (Å²) in [5, 5.41) is 17.9. The van der Waals surface area contributed by atoms with E-state index < -0.39 is 0 Å². The summed E-state index contributed by atoms with van der Waals surface area (Å²) in [6.07, 6.45) is 5.23. The predicted octanol–water partition coefficient (Wildman–Crippen LogP) is 0.289. The number of aliphatic hydroxyl groups is 1. The number of aromatic amines is 1. The van der Waals surface area contributed by atoms with Gasteiger partial charge in [0.1, 0.15) is 23.5 Å². The van der Waals surface area contributed by atoms with Gasteiger partial charge in [-0.15, -0.1) is 10.2 Å². The van der Waals surface area contributed by atoms with Crippen LogP contribution in [0.2, 0.25) is 0 Å². The van der Waals surface area contributed by atoms with Crippen LogP contribution in [0.4, 0.5) is 5.82 Å². The number of piperidine rings is 1. The monoisotopic (exact) mass is 371 g/mol. The fourth-order valence-electron chi connectivity index (χ4n) is 3.70. The summed E-state index contributed by atoms with van der Waals surface area (Å²) in [5.74, 6) is 3.27. The van der Waals surface area contributed by atoms with E-state index in [1.807, 2.05) is 19.0 Å². The first-order chi connectivity index (χ1) is 13.2. The molecule has 0 aliphatic carbocycles. The van der Waals surface area contributed by atoms with E-state index in [2.05, 4.69) is 39.6 Å². The number of hydrogen-bond acceptors (Lipinski definition) is 8. The standard InChI is InChI=1S/C17H25N9O/c1-24(7-8-27)9-13-22-23-16(25(13)2)12-3-5-26(6-4-12)17-14-15(19-10-18-14)20-11-21-17/h10-12,27H,3-9H2,1-2H3,(H,18,19,20,21). The van der Waals surface area contributed by atoms with Crippen LogP contribution in [0.25, 0.3) is 11.2 Å². The quantitative estimate of drug-likeness (QED) is 0.636. The fourth-order valence-corrected chi connectivity index (χ4v) is 3.70. The minimum Gasteiger partial charge on any atom is -0.395 e. The highest BCUT2D eigenvalue weighted by Gasteiger charge is 2.27. The van der Waals surface area contributed by atoms with Crippen LogP contribution in [0.1, 0.15) is 30.4 Å². The lowest BCUT2D eigenvalue weighted by Crippen LogP contribution is -2.34. The number of anilines is 1. The van der Waals surface area contributed by atoms with Gasteiger partial charge in [0, 0.05) is 32.6 Å². The molecule has 0 aromatic carbocycles. The number of aromatic nitrogens is 7. The summed E-state index contributed by atoms with van der Waals surface area (Å²) in [5.41, 5.74) is 1.59. The first-order valence-corrected chi connectivity index (χ1v) is 9.24. The van der Waals surface area contributed by atoms with E-state index in [1.54, 1.807) is 12.7 Å². The summed E-state index contributed by atoms with van der Waals surface area (Å²) in [6.45, 7) is 3.26. The number of H-pyrrole nitrogens is 1. The molecule has 0 radical (unpaired) electrons. The maximum absolute atomic E-state index is 9.06. The van der Waals surface area contributed by atoms with Crippen molar-refractivity contribution in [3.05, 3.63) is 24.3 Å². The van der Waals surface area contributed by atoms with E-state index in [0.29, 0.717) is 24.7 Å². The van der Waals surface area contributed by atoms with Crippen molar-refractivity contribution in [3.8, 4) is 0 Å². The zero-order valence-electron chi connectivity index (χ0n) is 15.7. The molecule has 27 heavy (non-hydrogen) atoms. The van der Waals surface area contributed by atoms with Gasteiger partial charge in [-0.05, 0) is 19.9 Å². The minimum atomic E-state index is 0.145. The van der Waals surface area contributed by atoms with Crippen LogP contribution >= 0.6 is 0 Å². The Hall–Kier alpha value is -2.59. The van der Waals surface area contributed by atoms with E-state index in [4.69, 9.17) is 5.11 Å². The number of aliphatic hydroxyl groups excluding tert-OH is 1. The highest BCUT2D eigenvalue weighted by molar-refractivity contribution is 5.82. The Balaban J connectivity index is 1.44. The Morgan fingerprint density at radius 1 is 1.22 bits per heavy atom. The van der Waals surface area contributed by atoms with Gasteiger partial charge in [-0.3, -0.25) is 4.90 Å². The summed E-state index contributed by atoms with van der Waals surface area (Å²) in [7, 11) is 4.00. The van der Waals surface area contributed by atoms with Gasteiger partial charge < -0.3 is 19.6 Å². The molecule has 3 aromatic heterocycles. The molecular formula is C17H25N9O. The largest absolute Gasteiger partial charge is 0.395 e.